The summed E-state index contributed by atoms with van der Waals surface area (Å²) in [4.78, 5) is 30.3. The lowest BCUT2D eigenvalue weighted by Crippen LogP contribution is -2.34. The lowest BCUT2D eigenvalue weighted by atomic mass is 10.1. The Morgan fingerprint density at radius 3 is 2.79 bits per heavy atom. The number of carboxylic acid groups (broad SMARTS) is 1. The summed E-state index contributed by atoms with van der Waals surface area (Å²) in [6.07, 6.45) is 1.72. The molecule has 28 heavy (non-hydrogen) atoms. The quantitative estimate of drug-likeness (QED) is 0.590. The van der Waals surface area contributed by atoms with E-state index in [0.717, 1.165) is 4.88 Å². The number of halogens is 2. The predicted molar refractivity (Wildman–Crippen MR) is 108 cm³/mol. The molecule has 7 nitrogen and oxygen atoms in total. The van der Waals surface area contributed by atoms with Crippen molar-refractivity contribution in [1.82, 2.24) is 9.88 Å². The minimum atomic E-state index is -0.883. The lowest BCUT2D eigenvalue weighted by molar-refractivity contribution is -0.137. The smallest absolute Gasteiger partial charge is 0.303 e. The van der Waals surface area contributed by atoms with Crippen LogP contribution in [-0.4, -0.2) is 44.6 Å². The number of thiazole rings is 1. The Kier molecular flexibility index (Phi) is 6.44. The molecule has 0 radical (unpaired) electrons. The summed E-state index contributed by atoms with van der Waals surface area (Å²) in [5.41, 5.74) is 6.62. The summed E-state index contributed by atoms with van der Waals surface area (Å²) >= 11 is 13.5. The first-order valence-electron chi connectivity index (χ1n) is 8.63. The van der Waals surface area contributed by atoms with Crippen LogP contribution >= 0.6 is 34.5 Å². The molecule has 4 N–H and O–H groups in total. The SMILES string of the molecule is Nc1cc(Cl)c(CC(=O)N2CC[C@H](O)[C@H]2c2ncc(CCC(=O)O)s2)cc1Cl. The number of anilines is 1. The van der Waals surface area contributed by atoms with E-state index in [1.54, 1.807) is 17.2 Å². The predicted octanol–water partition coefficient (Wildman–Crippen LogP) is 2.93. The van der Waals surface area contributed by atoms with Crippen molar-refractivity contribution in [3.63, 3.8) is 0 Å². The molecule has 3 rings (SSSR count). The number of likely N-dealkylation sites (tertiary alicyclic amines) is 1. The third-order valence-corrected chi connectivity index (χ3v) is 6.41. The summed E-state index contributed by atoms with van der Waals surface area (Å²) in [5, 5.41) is 20.5. The molecule has 1 fully saturated rings. The average Bonchev–Trinajstić information content (AvgIpc) is 3.24. The fourth-order valence-corrected chi connectivity index (χ4v) is 4.68. The number of nitrogens with zero attached hydrogens (tertiary/aromatic N) is 2. The summed E-state index contributed by atoms with van der Waals surface area (Å²) < 4.78 is 0. The number of aliphatic carboxylic acids is 1. The molecule has 0 saturated carbocycles. The minimum Gasteiger partial charge on any atom is -0.481 e. The van der Waals surface area contributed by atoms with Gasteiger partial charge in [0.05, 0.1) is 29.7 Å². The van der Waals surface area contributed by atoms with E-state index < -0.39 is 18.1 Å². The summed E-state index contributed by atoms with van der Waals surface area (Å²) in [6.45, 7) is 0.398. The molecular weight excluding hydrogens is 425 g/mol. The van der Waals surface area contributed by atoms with E-state index in [-0.39, 0.29) is 18.7 Å². The van der Waals surface area contributed by atoms with Gasteiger partial charge in [-0.15, -0.1) is 11.3 Å². The fourth-order valence-electron chi connectivity index (χ4n) is 3.16. The normalized spacial score (nSPS) is 19.2. The van der Waals surface area contributed by atoms with Crippen LogP contribution in [-0.2, 0) is 22.4 Å². The van der Waals surface area contributed by atoms with Crippen molar-refractivity contribution >= 4 is 52.1 Å². The Morgan fingerprint density at radius 2 is 2.07 bits per heavy atom. The average molecular weight is 444 g/mol. The Morgan fingerprint density at radius 1 is 1.32 bits per heavy atom. The van der Waals surface area contributed by atoms with Crippen LogP contribution in [0.5, 0.6) is 0 Å². The number of aliphatic hydroxyl groups excluding tert-OH is 1. The first kappa shape index (κ1) is 20.9. The number of hydrogen-bond acceptors (Lipinski definition) is 6. The zero-order chi connectivity index (χ0) is 20.4. The van der Waals surface area contributed by atoms with Crippen LogP contribution in [0.3, 0.4) is 0 Å². The molecule has 2 heterocycles. The highest BCUT2D eigenvalue weighted by molar-refractivity contribution is 7.11. The summed E-state index contributed by atoms with van der Waals surface area (Å²) in [5.74, 6) is -1.08. The number of benzene rings is 1. The molecule has 1 saturated heterocycles. The van der Waals surface area contributed by atoms with Crippen LogP contribution in [0.1, 0.15) is 34.3 Å². The van der Waals surface area contributed by atoms with E-state index in [2.05, 4.69) is 4.98 Å². The summed E-state index contributed by atoms with van der Waals surface area (Å²) in [6, 6.07) is 2.53. The van der Waals surface area contributed by atoms with Gasteiger partial charge in [0.1, 0.15) is 11.0 Å². The van der Waals surface area contributed by atoms with Gasteiger partial charge in [-0.25, -0.2) is 4.98 Å². The molecule has 0 unspecified atom stereocenters. The molecule has 1 aliphatic rings. The molecule has 1 aromatic carbocycles. The van der Waals surface area contributed by atoms with Gasteiger partial charge in [0, 0.05) is 22.6 Å². The van der Waals surface area contributed by atoms with Gasteiger partial charge < -0.3 is 20.8 Å². The monoisotopic (exact) mass is 443 g/mol. The number of amides is 1. The van der Waals surface area contributed by atoms with Gasteiger partial charge in [-0.2, -0.15) is 0 Å². The molecule has 0 spiro atoms. The molecule has 0 bridgehead atoms. The van der Waals surface area contributed by atoms with Gasteiger partial charge in [0.15, 0.2) is 0 Å². The van der Waals surface area contributed by atoms with E-state index in [1.807, 2.05) is 0 Å². The van der Waals surface area contributed by atoms with E-state index in [1.165, 1.54) is 17.4 Å². The molecule has 1 aliphatic heterocycles. The fraction of sp³-hybridized carbons (Fsp3) is 0.389. The van der Waals surface area contributed by atoms with E-state index in [4.69, 9.17) is 34.0 Å². The first-order valence-corrected chi connectivity index (χ1v) is 10.2. The molecular formula is C18H19Cl2N3O4S. The molecule has 10 heteroatoms. The van der Waals surface area contributed by atoms with Crippen LogP contribution in [0.4, 0.5) is 5.69 Å². The number of carbonyl (C=O) groups is 2. The van der Waals surface area contributed by atoms with E-state index in [9.17, 15) is 14.7 Å². The van der Waals surface area contributed by atoms with Crippen molar-refractivity contribution in [2.24, 2.45) is 0 Å². The Labute approximate surface area is 175 Å². The third kappa shape index (κ3) is 4.57. The van der Waals surface area contributed by atoms with Gasteiger partial charge in [0.2, 0.25) is 5.91 Å². The maximum Gasteiger partial charge on any atom is 0.303 e. The second kappa shape index (κ2) is 8.65. The second-order valence-corrected chi connectivity index (χ2v) is 8.55. The third-order valence-electron chi connectivity index (χ3n) is 4.60. The van der Waals surface area contributed by atoms with Gasteiger partial charge in [-0.3, -0.25) is 9.59 Å². The van der Waals surface area contributed by atoms with Gasteiger partial charge >= 0.3 is 5.97 Å². The first-order chi connectivity index (χ1) is 13.3. The highest BCUT2D eigenvalue weighted by atomic mass is 35.5. The highest BCUT2D eigenvalue weighted by Gasteiger charge is 2.39. The van der Waals surface area contributed by atoms with Crippen molar-refractivity contribution in [1.29, 1.82) is 0 Å². The summed E-state index contributed by atoms with van der Waals surface area (Å²) in [7, 11) is 0. The van der Waals surface area contributed by atoms with Crippen LogP contribution in [0.15, 0.2) is 18.3 Å². The number of nitrogen functional groups attached to an aromatic ring is 1. The number of rotatable bonds is 6. The van der Waals surface area contributed by atoms with Crippen LogP contribution < -0.4 is 5.73 Å². The largest absolute Gasteiger partial charge is 0.481 e. The standard InChI is InChI=1S/C18H19Cl2N3O4S/c19-11-7-13(21)12(20)5-9(11)6-15(25)23-4-3-14(24)17(23)18-22-8-10(28-18)1-2-16(26)27/h5,7-8,14,17,24H,1-4,6,21H2,(H,26,27)/t14-,17-/m0/s1. The van der Waals surface area contributed by atoms with Crippen LogP contribution in [0, 0.1) is 0 Å². The van der Waals surface area contributed by atoms with Crippen molar-refractivity contribution in [3.05, 3.63) is 43.8 Å². The van der Waals surface area contributed by atoms with E-state index in [0.29, 0.717) is 45.7 Å². The molecule has 2 atom stereocenters. The number of hydrogen-bond donors (Lipinski definition) is 3. The number of carboxylic acids is 1. The Bertz CT molecular complexity index is 905. The van der Waals surface area contributed by atoms with Gasteiger partial charge in [-0.1, -0.05) is 23.2 Å². The van der Waals surface area contributed by atoms with Gasteiger partial charge in [0.25, 0.3) is 0 Å². The second-order valence-electron chi connectivity index (χ2n) is 6.59. The Hall–Kier alpha value is -1.87. The zero-order valence-electron chi connectivity index (χ0n) is 14.8. The van der Waals surface area contributed by atoms with Crippen molar-refractivity contribution < 1.29 is 19.8 Å². The van der Waals surface area contributed by atoms with Crippen molar-refractivity contribution in [3.8, 4) is 0 Å². The van der Waals surface area contributed by atoms with Crippen LogP contribution in [0.25, 0.3) is 0 Å². The van der Waals surface area contributed by atoms with Crippen LogP contribution in [0.2, 0.25) is 10.0 Å². The molecule has 0 aliphatic carbocycles. The highest BCUT2D eigenvalue weighted by Crippen LogP contribution is 2.36. The molecule has 1 amide bonds. The molecule has 1 aromatic heterocycles. The topological polar surface area (TPSA) is 117 Å². The number of aliphatic hydroxyl groups is 1. The maximum absolute atomic E-state index is 12.9. The maximum atomic E-state index is 12.9. The number of aryl methyl sites for hydroxylation is 1. The number of nitrogens with two attached hydrogens (primary N) is 1. The van der Waals surface area contributed by atoms with Crippen molar-refractivity contribution in [2.75, 3.05) is 12.3 Å². The number of aromatic nitrogens is 1. The van der Waals surface area contributed by atoms with E-state index >= 15 is 0 Å². The molecule has 150 valence electrons. The minimum absolute atomic E-state index is 0.00783. The lowest BCUT2D eigenvalue weighted by Gasteiger charge is -2.25. The molecule has 2 aromatic rings. The Balaban J connectivity index is 1.76. The van der Waals surface area contributed by atoms with Gasteiger partial charge in [-0.05, 0) is 30.5 Å². The zero-order valence-corrected chi connectivity index (χ0v) is 17.1. The van der Waals surface area contributed by atoms with Crippen molar-refractivity contribution in [2.45, 2.75) is 37.8 Å². The number of carbonyl (C=O) groups excluding carboxylic acids is 1.